The van der Waals surface area contributed by atoms with E-state index >= 15 is 0 Å². The molecule has 14 nitrogen and oxygen atoms in total. The van der Waals surface area contributed by atoms with E-state index in [0.717, 1.165) is 32.1 Å². The third-order valence-corrected chi connectivity index (χ3v) is 12.2. The van der Waals surface area contributed by atoms with E-state index in [4.69, 9.17) is 14.2 Å². The van der Waals surface area contributed by atoms with Crippen LogP contribution in [0, 0.1) is 17.8 Å². The zero-order valence-electron chi connectivity index (χ0n) is 29.7. The van der Waals surface area contributed by atoms with Crippen LogP contribution in [0.3, 0.4) is 0 Å². The Morgan fingerprint density at radius 1 is 1.08 bits per heavy atom. The number of esters is 1. The van der Waals surface area contributed by atoms with Crippen molar-refractivity contribution in [3.05, 3.63) is 12.2 Å². The Labute approximate surface area is 295 Å². The minimum atomic E-state index is -3.90. The second-order valence-electron chi connectivity index (χ2n) is 15.5. The lowest BCUT2D eigenvalue weighted by Gasteiger charge is -2.30. The smallest absolute Gasteiger partial charge is 0.408 e. The fourth-order valence-corrected chi connectivity index (χ4v) is 8.85. The Morgan fingerprint density at radius 3 is 2.46 bits per heavy atom. The molecule has 0 aromatic heterocycles. The van der Waals surface area contributed by atoms with Crippen LogP contribution >= 0.6 is 0 Å². The summed E-state index contributed by atoms with van der Waals surface area (Å²) >= 11 is 0. The van der Waals surface area contributed by atoms with E-state index < -0.39 is 74.3 Å². The molecule has 6 atom stereocenters. The standard InChI is InChI=1S/C35H54N4O10S/c1-5-26(22-11-7-6-8-12-22)31(42)48-24-19-28-29(40)37-35(32(43)38-50(45,46)25-15-16-25)20-23(35)13-9-17-47-18-10-14-27(30(41)39(28)21-24)36-33(44)49-34(2,3)4/h9,13,22-28H,5-8,10-12,14-21H2,1-4H3,(H,36,44)(H,37,40)(H,38,43)/b13-9-/t23-,24-,26?,27+,28+,35-/m1/s1. The summed E-state index contributed by atoms with van der Waals surface area (Å²) < 4.78 is 44.8. The molecule has 3 N–H and O–H groups in total. The van der Waals surface area contributed by atoms with Crippen molar-refractivity contribution < 1.29 is 46.6 Å². The lowest BCUT2D eigenvalue weighted by atomic mass is 9.79. The number of rotatable bonds is 8. The number of sulfonamides is 1. The average molecular weight is 723 g/mol. The van der Waals surface area contributed by atoms with Crippen LogP contribution in [0.25, 0.3) is 0 Å². The predicted octanol–water partition coefficient (Wildman–Crippen LogP) is 2.85. The summed E-state index contributed by atoms with van der Waals surface area (Å²) in [6, 6.07) is -2.24. The highest BCUT2D eigenvalue weighted by Crippen LogP contribution is 2.46. The third-order valence-electron chi connectivity index (χ3n) is 10.4. The number of amides is 4. The van der Waals surface area contributed by atoms with Gasteiger partial charge in [0.2, 0.25) is 21.8 Å². The molecule has 1 saturated heterocycles. The molecular formula is C35H54N4O10S. The van der Waals surface area contributed by atoms with Gasteiger partial charge in [0.1, 0.15) is 29.3 Å². The number of hydrogen-bond donors (Lipinski definition) is 3. The molecule has 4 amide bonds. The van der Waals surface area contributed by atoms with E-state index in [9.17, 15) is 32.4 Å². The van der Waals surface area contributed by atoms with Gasteiger partial charge in [0.05, 0.1) is 24.3 Å². The van der Waals surface area contributed by atoms with Crippen molar-refractivity contribution in [2.24, 2.45) is 17.8 Å². The van der Waals surface area contributed by atoms with E-state index in [-0.39, 0.29) is 56.8 Å². The molecule has 2 heterocycles. The van der Waals surface area contributed by atoms with Crippen molar-refractivity contribution in [3.63, 3.8) is 0 Å². The number of ether oxygens (including phenoxy) is 3. The maximum atomic E-state index is 14.3. The largest absolute Gasteiger partial charge is 0.460 e. The van der Waals surface area contributed by atoms with E-state index in [1.807, 2.05) is 6.92 Å². The number of nitrogens with zero attached hydrogens (tertiary/aromatic N) is 1. The number of hydrogen-bond acceptors (Lipinski definition) is 10. The van der Waals surface area contributed by atoms with E-state index in [0.29, 0.717) is 25.7 Å². The Hall–Kier alpha value is -3.20. The van der Waals surface area contributed by atoms with Crippen molar-refractivity contribution in [3.8, 4) is 0 Å². The Kier molecular flexibility index (Phi) is 11.9. The Balaban J connectivity index is 1.41. The summed E-state index contributed by atoms with van der Waals surface area (Å²) in [5, 5.41) is 4.82. The molecule has 5 rings (SSSR count). The molecule has 0 spiro atoms. The highest BCUT2D eigenvalue weighted by molar-refractivity contribution is 7.91. The summed E-state index contributed by atoms with van der Waals surface area (Å²) in [7, 11) is -3.90. The van der Waals surface area contributed by atoms with Crippen LogP contribution in [0.5, 0.6) is 0 Å². The van der Waals surface area contributed by atoms with Crippen molar-refractivity contribution in [2.45, 2.75) is 139 Å². The maximum Gasteiger partial charge on any atom is 0.408 e. The molecule has 3 aliphatic carbocycles. The number of carbonyl (C=O) groups is 5. The molecule has 5 aliphatic rings. The zero-order chi connectivity index (χ0) is 36.3. The van der Waals surface area contributed by atoms with Gasteiger partial charge >= 0.3 is 12.1 Å². The third kappa shape index (κ3) is 9.36. The normalized spacial score (nSPS) is 31.1. The van der Waals surface area contributed by atoms with Gasteiger partial charge < -0.3 is 29.7 Å². The molecule has 280 valence electrons. The fraction of sp³-hybridized carbons (Fsp3) is 0.800. The molecule has 3 saturated carbocycles. The van der Waals surface area contributed by atoms with Gasteiger partial charge in [0.25, 0.3) is 5.91 Å². The highest BCUT2D eigenvalue weighted by atomic mass is 32.2. The van der Waals surface area contributed by atoms with E-state index in [1.54, 1.807) is 32.9 Å². The monoisotopic (exact) mass is 722 g/mol. The molecule has 1 unspecified atom stereocenters. The first kappa shape index (κ1) is 38.0. The van der Waals surface area contributed by atoms with E-state index in [1.165, 1.54) is 4.90 Å². The Bertz CT molecular complexity index is 1430. The molecule has 4 fully saturated rings. The minimum absolute atomic E-state index is 0.0226. The molecule has 0 aromatic rings. The van der Waals surface area contributed by atoms with Gasteiger partial charge in [0.15, 0.2) is 0 Å². The predicted molar refractivity (Wildman–Crippen MR) is 182 cm³/mol. The molecule has 15 heteroatoms. The van der Waals surface area contributed by atoms with Gasteiger partial charge in [-0.3, -0.25) is 23.9 Å². The van der Waals surface area contributed by atoms with Gasteiger partial charge in [-0.1, -0.05) is 38.3 Å². The molecular weight excluding hydrogens is 668 g/mol. The lowest BCUT2D eigenvalue weighted by molar-refractivity contribution is -0.156. The first-order valence-electron chi connectivity index (χ1n) is 18.3. The first-order chi connectivity index (χ1) is 23.6. The zero-order valence-corrected chi connectivity index (χ0v) is 30.6. The fourth-order valence-electron chi connectivity index (χ4n) is 7.49. The summed E-state index contributed by atoms with van der Waals surface area (Å²) in [4.78, 5) is 69.8. The average Bonchev–Trinajstić information content (AvgIpc) is 3.96. The van der Waals surface area contributed by atoms with Crippen molar-refractivity contribution in [1.82, 2.24) is 20.3 Å². The van der Waals surface area contributed by atoms with Gasteiger partial charge in [-0.15, -0.1) is 0 Å². The van der Waals surface area contributed by atoms with Gasteiger partial charge in [-0.25, -0.2) is 13.2 Å². The second-order valence-corrected chi connectivity index (χ2v) is 17.5. The summed E-state index contributed by atoms with van der Waals surface area (Å²) in [6.07, 6.45) is 9.26. The van der Waals surface area contributed by atoms with Crippen LogP contribution in [0.2, 0.25) is 0 Å². The van der Waals surface area contributed by atoms with Crippen LogP contribution in [0.1, 0.15) is 105 Å². The van der Waals surface area contributed by atoms with Crippen LogP contribution < -0.4 is 15.4 Å². The number of carbonyl (C=O) groups excluding carboxylic acids is 5. The van der Waals surface area contributed by atoms with Gasteiger partial charge in [-0.05, 0) is 78.1 Å². The quantitative estimate of drug-likeness (QED) is 0.249. The Morgan fingerprint density at radius 2 is 1.80 bits per heavy atom. The molecule has 0 bridgehead atoms. The summed E-state index contributed by atoms with van der Waals surface area (Å²) in [5.41, 5.74) is -2.38. The highest BCUT2D eigenvalue weighted by Gasteiger charge is 2.62. The van der Waals surface area contributed by atoms with Crippen LogP contribution in [0.4, 0.5) is 4.79 Å². The van der Waals surface area contributed by atoms with Gasteiger partial charge in [-0.2, -0.15) is 0 Å². The number of fused-ring (bicyclic) bond motifs is 2. The number of alkyl carbamates (subject to hydrolysis) is 1. The first-order valence-corrected chi connectivity index (χ1v) is 19.8. The van der Waals surface area contributed by atoms with Crippen molar-refractivity contribution in [1.29, 1.82) is 0 Å². The molecule has 0 radical (unpaired) electrons. The summed E-state index contributed by atoms with van der Waals surface area (Å²) in [6.45, 7) is 7.44. The van der Waals surface area contributed by atoms with Crippen LogP contribution in [-0.2, 0) is 43.4 Å². The number of nitrogens with one attached hydrogen (secondary N) is 3. The van der Waals surface area contributed by atoms with Crippen molar-refractivity contribution >= 4 is 39.8 Å². The SMILES string of the molecule is CCC(C(=O)O[C@@H]1C[C@H]2C(=O)N[C@]3(C(=O)NS(=O)(=O)C4CC4)C[C@H]3/C=C\COCCC[C@H](NC(=O)OC(C)(C)C)C(=O)N2C1)C1CCCCC1. The van der Waals surface area contributed by atoms with Crippen molar-refractivity contribution in [2.75, 3.05) is 19.8 Å². The molecule has 0 aromatic carbocycles. The summed E-state index contributed by atoms with van der Waals surface area (Å²) in [5.74, 6) is -3.01. The molecule has 50 heavy (non-hydrogen) atoms. The molecule has 2 aliphatic heterocycles. The van der Waals surface area contributed by atoms with Crippen LogP contribution in [0.15, 0.2) is 12.2 Å². The van der Waals surface area contributed by atoms with E-state index in [2.05, 4.69) is 15.4 Å². The van der Waals surface area contributed by atoms with Gasteiger partial charge in [0, 0.05) is 18.9 Å². The lowest BCUT2D eigenvalue weighted by Crippen LogP contribution is -2.58. The maximum absolute atomic E-state index is 14.3. The topological polar surface area (TPSA) is 187 Å². The second kappa shape index (κ2) is 15.6. The van der Waals surface area contributed by atoms with Crippen LogP contribution in [-0.4, -0.2) is 97.4 Å². The minimum Gasteiger partial charge on any atom is -0.460 e.